The number of nitrogens with zero attached hydrogens (tertiary/aromatic N) is 2. The Morgan fingerprint density at radius 1 is 1.32 bits per heavy atom. The van der Waals surface area contributed by atoms with Crippen molar-refractivity contribution < 1.29 is 5.11 Å². The summed E-state index contributed by atoms with van der Waals surface area (Å²) in [5.41, 5.74) is 0. The van der Waals surface area contributed by atoms with E-state index >= 15 is 0 Å². The average Bonchev–Trinajstić information content (AvgIpc) is 3.05. The lowest BCUT2D eigenvalue weighted by atomic mass is 10.1. The number of hydrogen-bond donors (Lipinski definition) is 3. The molecule has 1 aliphatic rings. The molecule has 1 aromatic heterocycles. The van der Waals surface area contributed by atoms with Gasteiger partial charge >= 0.3 is 0 Å². The van der Waals surface area contributed by atoms with Gasteiger partial charge in [0.1, 0.15) is 0 Å². The molecular weight excluding hydrogens is 240 g/mol. The van der Waals surface area contributed by atoms with Crippen LogP contribution in [0.2, 0.25) is 0 Å². The van der Waals surface area contributed by atoms with Crippen molar-refractivity contribution in [2.24, 2.45) is 10.9 Å². The predicted octanol–water partition coefficient (Wildman–Crippen LogP) is 0.814. The fourth-order valence-electron chi connectivity index (χ4n) is 2.53. The van der Waals surface area contributed by atoms with Gasteiger partial charge < -0.3 is 20.3 Å². The Hall–Kier alpha value is -1.49. The van der Waals surface area contributed by atoms with E-state index in [0.29, 0.717) is 5.92 Å². The second-order valence-electron chi connectivity index (χ2n) is 5.06. The molecule has 0 spiro atoms. The molecule has 0 bridgehead atoms. The Morgan fingerprint density at radius 3 is 2.74 bits per heavy atom. The first kappa shape index (κ1) is 13.9. The molecule has 0 aliphatic heterocycles. The fourth-order valence-corrected chi connectivity index (χ4v) is 2.53. The molecule has 106 valence electrons. The molecule has 2 atom stereocenters. The Balaban J connectivity index is 1.66. The van der Waals surface area contributed by atoms with E-state index in [9.17, 15) is 5.11 Å². The van der Waals surface area contributed by atoms with Gasteiger partial charge in [0.15, 0.2) is 5.96 Å². The summed E-state index contributed by atoms with van der Waals surface area (Å²) in [4.78, 5) is 4.20. The molecule has 1 fully saturated rings. The van der Waals surface area contributed by atoms with Gasteiger partial charge in [0.25, 0.3) is 0 Å². The summed E-state index contributed by atoms with van der Waals surface area (Å²) >= 11 is 0. The van der Waals surface area contributed by atoms with Crippen LogP contribution in [0.4, 0.5) is 0 Å². The molecule has 3 N–H and O–H groups in total. The van der Waals surface area contributed by atoms with Crippen molar-refractivity contribution in [1.82, 2.24) is 15.2 Å². The van der Waals surface area contributed by atoms with E-state index in [2.05, 4.69) is 20.2 Å². The maximum atomic E-state index is 9.77. The van der Waals surface area contributed by atoms with Crippen LogP contribution < -0.4 is 10.6 Å². The summed E-state index contributed by atoms with van der Waals surface area (Å²) in [6, 6.07) is 4.04. The van der Waals surface area contributed by atoms with Gasteiger partial charge in [0.05, 0.1) is 6.10 Å². The second kappa shape index (κ2) is 7.19. The quantitative estimate of drug-likeness (QED) is 0.545. The summed E-state index contributed by atoms with van der Waals surface area (Å²) in [7, 11) is 1.77. The molecule has 19 heavy (non-hydrogen) atoms. The largest absolute Gasteiger partial charge is 0.393 e. The van der Waals surface area contributed by atoms with Crippen LogP contribution in [-0.4, -0.2) is 41.9 Å². The number of nitrogens with one attached hydrogen (secondary N) is 2. The molecule has 5 heteroatoms. The average molecular weight is 264 g/mol. The van der Waals surface area contributed by atoms with Crippen LogP contribution in [0.3, 0.4) is 0 Å². The Bertz CT molecular complexity index is 388. The van der Waals surface area contributed by atoms with Crippen molar-refractivity contribution in [2.75, 3.05) is 20.1 Å². The maximum Gasteiger partial charge on any atom is 0.191 e. The van der Waals surface area contributed by atoms with Gasteiger partial charge in [-0.15, -0.1) is 0 Å². The number of rotatable bonds is 5. The standard InChI is InChI=1S/C14H24N4O/c1-15-14(16-7-10-18-8-2-3-9-18)17-11-12-5-4-6-13(12)19/h2-3,8-9,12-13,19H,4-7,10-11H2,1H3,(H2,15,16,17). The zero-order valence-corrected chi connectivity index (χ0v) is 11.5. The van der Waals surface area contributed by atoms with E-state index in [-0.39, 0.29) is 6.10 Å². The van der Waals surface area contributed by atoms with E-state index in [1.165, 1.54) is 0 Å². The first-order valence-corrected chi connectivity index (χ1v) is 7.03. The van der Waals surface area contributed by atoms with Crippen LogP contribution in [0.25, 0.3) is 0 Å². The lowest BCUT2D eigenvalue weighted by Gasteiger charge is -2.17. The SMILES string of the molecule is CN=C(NCCn1cccc1)NCC1CCCC1O. The van der Waals surface area contributed by atoms with Crippen molar-refractivity contribution >= 4 is 5.96 Å². The first-order chi connectivity index (χ1) is 9.29. The highest BCUT2D eigenvalue weighted by molar-refractivity contribution is 5.79. The summed E-state index contributed by atoms with van der Waals surface area (Å²) < 4.78 is 2.13. The Kier molecular flexibility index (Phi) is 5.27. The second-order valence-corrected chi connectivity index (χ2v) is 5.06. The number of guanidine groups is 1. The highest BCUT2D eigenvalue weighted by atomic mass is 16.3. The van der Waals surface area contributed by atoms with Gasteiger partial charge in [-0.05, 0) is 25.0 Å². The summed E-state index contributed by atoms with van der Waals surface area (Å²) in [5, 5.41) is 16.3. The molecule has 2 unspecified atom stereocenters. The Morgan fingerprint density at radius 2 is 2.11 bits per heavy atom. The van der Waals surface area contributed by atoms with Crippen LogP contribution in [0.5, 0.6) is 0 Å². The monoisotopic (exact) mass is 264 g/mol. The van der Waals surface area contributed by atoms with Gasteiger partial charge in [-0.25, -0.2) is 0 Å². The zero-order chi connectivity index (χ0) is 13.5. The van der Waals surface area contributed by atoms with E-state index < -0.39 is 0 Å². The van der Waals surface area contributed by atoms with Crippen molar-refractivity contribution in [3.8, 4) is 0 Å². The molecule has 5 nitrogen and oxygen atoms in total. The van der Waals surface area contributed by atoms with Crippen LogP contribution in [0, 0.1) is 5.92 Å². The highest BCUT2D eigenvalue weighted by Gasteiger charge is 2.24. The van der Waals surface area contributed by atoms with E-state index in [1.807, 2.05) is 24.5 Å². The lowest BCUT2D eigenvalue weighted by molar-refractivity contribution is 0.134. The normalized spacial score (nSPS) is 23.6. The summed E-state index contributed by atoms with van der Waals surface area (Å²) in [5.74, 6) is 1.18. The van der Waals surface area contributed by atoms with Gasteiger partial charge in [0.2, 0.25) is 0 Å². The molecule has 1 heterocycles. The smallest absolute Gasteiger partial charge is 0.191 e. The number of aromatic nitrogens is 1. The molecule has 0 saturated heterocycles. The maximum absolute atomic E-state index is 9.77. The van der Waals surface area contributed by atoms with E-state index in [1.54, 1.807) is 7.05 Å². The Labute approximate surface area is 114 Å². The molecular formula is C14H24N4O. The molecule has 0 amide bonds. The molecule has 1 aliphatic carbocycles. The highest BCUT2D eigenvalue weighted by Crippen LogP contribution is 2.24. The van der Waals surface area contributed by atoms with Crippen LogP contribution >= 0.6 is 0 Å². The molecule has 0 aromatic carbocycles. The van der Waals surface area contributed by atoms with Crippen molar-refractivity contribution in [1.29, 1.82) is 0 Å². The molecule has 1 saturated carbocycles. The van der Waals surface area contributed by atoms with Gasteiger partial charge in [0, 0.05) is 45.0 Å². The van der Waals surface area contributed by atoms with E-state index in [0.717, 1.165) is 44.9 Å². The third-order valence-corrected chi connectivity index (χ3v) is 3.70. The fraction of sp³-hybridized carbons (Fsp3) is 0.643. The number of aliphatic imine (C=N–C) groups is 1. The van der Waals surface area contributed by atoms with Crippen molar-refractivity contribution in [3.63, 3.8) is 0 Å². The van der Waals surface area contributed by atoms with Crippen LogP contribution in [0.15, 0.2) is 29.5 Å². The van der Waals surface area contributed by atoms with Gasteiger partial charge in [-0.1, -0.05) is 6.42 Å². The van der Waals surface area contributed by atoms with Gasteiger partial charge in [-0.2, -0.15) is 0 Å². The minimum atomic E-state index is -0.148. The topological polar surface area (TPSA) is 61.6 Å². The molecule has 1 aromatic rings. The summed E-state index contributed by atoms with van der Waals surface area (Å²) in [6.45, 7) is 2.55. The predicted molar refractivity (Wildman–Crippen MR) is 77.1 cm³/mol. The summed E-state index contributed by atoms with van der Waals surface area (Å²) in [6.07, 6.45) is 7.12. The minimum Gasteiger partial charge on any atom is -0.393 e. The number of aliphatic hydroxyl groups is 1. The number of aliphatic hydroxyl groups excluding tert-OH is 1. The minimum absolute atomic E-state index is 0.148. The third kappa shape index (κ3) is 4.28. The lowest BCUT2D eigenvalue weighted by Crippen LogP contribution is -2.42. The zero-order valence-electron chi connectivity index (χ0n) is 11.5. The first-order valence-electron chi connectivity index (χ1n) is 7.03. The van der Waals surface area contributed by atoms with Crippen LogP contribution in [-0.2, 0) is 6.54 Å². The molecule has 0 radical (unpaired) electrons. The van der Waals surface area contributed by atoms with Crippen molar-refractivity contribution in [2.45, 2.75) is 31.9 Å². The number of hydrogen-bond acceptors (Lipinski definition) is 2. The van der Waals surface area contributed by atoms with E-state index in [4.69, 9.17) is 0 Å². The van der Waals surface area contributed by atoms with Crippen LogP contribution in [0.1, 0.15) is 19.3 Å². The third-order valence-electron chi connectivity index (χ3n) is 3.70. The molecule has 2 rings (SSSR count). The van der Waals surface area contributed by atoms with Gasteiger partial charge in [-0.3, -0.25) is 4.99 Å². The van der Waals surface area contributed by atoms with Crippen molar-refractivity contribution in [3.05, 3.63) is 24.5 Å².